The first-order valence-corrected chi connectivity index (χ1v) is 8.19. The fourth-order valence-corrected chi connectivity index (χ4v) is 3.14. The minimum absolute atomic E-state index is 0.0941. The van der Waals surface area contributed by atoms with Crippen molar-refractivity contribution < 1.29 is 0 Å². The van der Waals surface area contributed by atoms with Crippen LogP contribution in [0.1, 0.15) is 22.3 Å². The van der Waals surface area contributed by atoms with E-state index in [4.69, 9.17) is 0 Å². The molecule has 0 aliphatic heterocycles. The first-order chi connectivity index (χ1) is 12.1. The molecular formula is C20H18N4O. The van der Waals surface area contributed by atoms with Crippen molar-refractivity contribution in [3.05, 3.63) is 87.7 Å². The summed E-state index contributed by atoms with van der Waals surface area (Å²) in [6.45, 7) is 4.11. The van der Waals surface area contributed by atoms with E-state index in [0.717, 1.165) is 28.8 Å². The highest BCUT2D eigenvalue weighted by molar-refractivity contribution is 5.83. The number of hydrogen-bond acceptors (Lipinski definition) is 3. The van der Waals surface area contributed by atoms with Crippen molar-refractivity contribution in [1.29, 1.82) is 0 Å². The molecule has 2 aromatic carbocycles. The van der Waals surface area contributed by atoms with E-state index >= 15 is 0 Å². The van der Waals surface area contributed by atoms with Crippen LogP contribution in [0, 0.1) is 13.8 Å². The minimum Gasteiger partial charge on any atom is -0.313 e. The molecule has 2 heterocycles. The van der Waals surface area contributed by atoms with Crippen LogP contribution >= 0.6 is 0 Å². The van der Waals surface area contributed by atoms with Gasteiger partial charge >= 0.3 is 0 Å². The SMILES string of the molecule is Cc1c(Cc2ccc(-n3cccn3)cc2)cc2c(=O)[nH]cnc2c1C. The lowest BCUT2D eigenvalue weighted by atomic mass is 9.95. The lowest BCUT2D eigenvalue weighted by molar-refractivity contribution is 0.879. The van der Waals surface area contributed by atoms with E-state index < -0.39 is 0 Å². The maximum atomic E-state index is 12.1. The number of hydrogen-bond donors (Lipinski definition) is 1. The molecule has 5 nitrogen and oxygen atoms in total. The molecule has 0 atom stereocenters. The summed E-state index contributed by atoms with van der Waals surface area (Å²) in [4.78, 5) is 19.1. The maximum absolute atomic E-state index is 12.1. The van der Waals surface area contributed by atoms with Crippen LogP contribution in [-0.2, 0) is 6.42 Å². The molecule has 0 radical (unpaired) electrons. The minimum atomic E-state index is -0.0941. The summed E-state index contributed by atoms with van der Waals surface area (Å²) in [5, 5.41) is 4.89. The fourth-order valence-electron chi connectivity index (χ4n) is 3.14. The highest BCUT2D eigenvalue weighted by atomic mass is 16.1. The molecular weight excluding hydrogens is 312 g/mol. The summed E-state index contributed by atoms with van der Waals surface area (Å²) < 4.78 is 1.83. The number of aromatic nitrogens is 4. The number of aryl methyl sites for hydroxylation is 1. The molecule has 1 N–H and O–H groups in total. The Balaban J connectivity index is 1.72. The molecule has 5 heteroatoms. The zero-order valence-electron chi connectivity index (χ0n) is 14.2. The fraction of sp³-hybridized carbons (Fsp3) is 0.150. The average molecular weight is 330 g/mol. The highest BCUT2D eigenvalue weighted by Crippen LogP contribution is 2.23. The first-order valence-electron chi connectivity index (χ1n) is 8.19. The van der Waals surface area contributed by atoms with Crippen LogP contribution in [0.5, 0.6) is 0 Å². The third kappa shape index (κ3) is 2.74. The van der Waals surface area contributed by atoms with Gasteiger partial charge in [0, 0.05) is 12.4 Å². The molecule has 0 saturated carbocycles. The number of nitrogens with zero attached hydrogens (tertiary/aromatic N) is 3. The molecule has 0 bridgehead atoms. The topological polar surface area (TPSA) is 63.6 Å². The van der Waals surface area contributed by atoms with E-state index in [2.05, 4.69) is 46.3 Å². The van der Waals surface area contributed by atoms with E-state index in [1.54, 1.807) is 6.20 Å². The van der Waals surface area contributed by atoms with Crippen LogP contribution in [0.3, 0.4) is 0 Å². The van der Waals surface area contributed by atoms with Gasteiger partial charge in [-0.3, -0.25) is 4.79 Å². The predicted molar refractivity (Wildman–Crippen MR) is 98.2 cm³/mol. The van der Waals surface area contributed by atoms with Crippen molar-refractivity contribution in [3.63, 3.8) is 0 Å². The summed E-state index contributed by atoms with van der Waals surface area (Å²) in [7, 11) is 0. The molecule has 25 heavy (non-hydrogen) atoms. The standard InChI is InChI=1S/C20H18N4O/c1-13-14(2)19-18(20(25)22-12-21-19)11-16(13)10-15-4-6-17(7-5-15)24-9-3-8-23-24/h3-9,11-12H,10H2,1-2H3,(H,21,22,25). The van der Waals surface area contributed by atoms with Crippen LogP contribution < -0.4 is 5.56 Å². The van der Waals surface area contributed by atoms with Crippen molar-refractivity contribution in [2.24, 2.45) is 0 Å². The Bertz CT molecular complexity index is 1090. The summed E-state index contributed by atoms with van der Waals surface area (Å²) in [5.41, 5.74) is 6.30. The van der Waals surface area contributed by atoms with Gasteiger partial charge in [0.2, 0.25) is 0 Å². The molecule has 0 fully saturated rings. The van der Waals surface area contributed by atoms with Crippen molar-refractivity contribution >= 4 is 10.9 Å². The lowest BCUT2D eigenvalue weighted by Crippen LogP contribution is -2.09. The van der Waals surface area contributed by atoms with Gasteiger partial charge in [-0.25, -0.2) is 9.67 Å². The number of nitrogens with one attached hydrogen (secondary N) is 1. The summed E-state index contributed by atoms with van der Waals surface area (Å²) in [6.07, 6.45) is 5.92. The molecule has 4 aromatic rings. The predicted octanol–water partition coefficient (Wildman–Crippen LogP) is 3.32. The van der Waals surface area contributed by atoms with Crippen molar-refractivity contribution in [3.8, 4) is 5.69 Å². The van der Waals surface area contributed by atoms with Gasteiger partial charge < -0.3 is 4.98 Å². The molecule has 4 rings (SSSR count). The smallest absolute Gasteiger partial charge is 0.258 e. The van der Waals surface area contributed by atoms with E-state index in [1.807, 2.05) is 29.9 Å². The van der Waals surface area contributed by atoms with Crippen molar-refractivity contribution in [1.82, 2.24) is 19.7 Å². The van der Waals surface area contributed by atoms with Gasteiger partial charge in [-0.2, -0.15) is 5.10 Å². The third-order valence-electron chi connectivity index (χ3n) is 4.71. The van der Waals surface area contributed by atoms with E-state index in [0.29, 0.717) is 5.39 Å². The second-order valence-corrected chi connectivity index (χ2v) is 6.21. The van der Waals surface area contributed by atoms with Crippen LogP contribution in [-0.4, -0.2) is 19.7 Å². The number of aromatic amines is 1. The van der Waals surface area contributed by atoms with E-state index in [-0.39, 0.29) is 5.56 Å². The largest absolute Gasteiger partial charge is 0.313 e. The Labute approximate surface area is 145 Å². The lowest BCUT2D eigenvalue weighted by Gasteiger charge is -2.12. The quantitative estimate of drug-likeness (QED) is 0.627. The maximum Gasteiger partial charge on any atom is 0.258 e. The van der Waals surface area contributed by atoms with Crippen LogP contribution in [0.4, 0.5) is 0 Å². The third-order valence-corrected chi connectivity index (χ3v) is 4.71. The molecule has 124 valence electrons. The zero-order valence-corrected chi connectivity index (χ0v) is 14.2. The Morgan fingerprint density at radius 3 is 2.64 bits per heavy atom. The van der Waals surface area contributed by atoms with Gasteiger partial charge in [0.25, 0.3) is 5.56 Å². The van der Waals surface area contributed by atoms with Gasteiger partial charge in [-0.05, 0) is 66.8 Å². The van der Waals surface area contributed by atoms with Crippen LogP contribution in [0.25, 0.3) is 16.6 Å². The van der Waals surface area contributed by atoms with E-state index in [9.17, 15) is 4.79 Å². The summed E-state index contributed by atoms with van der Waals surface area (Å²) >= 11 is 0. The number of benzene rings is 2. The average Bonchev–Trinajstić information content (AvgIpc) is 3.16. The van der Waals surface area contributed by atoms with Crippen molar-refractivity contribution in [2.75, 3.05) is 0 Å². The Kier molecular flexibility index (Phi) is 3.69. The molecule has 0 amide bonds. The summed E-state index contributed by atoms with van der Waals surface area (Å²) in [5.74, 6) is 0. The second kappa shape index (κ2) is 6.02. The Hall–Kier alpha value is -3.21. The molecule has 0 aliphatic carbocycles. The molecule has 2 aromatic heterocycles. The number of fused-ring (bicyclic) bond motifs is 1. The summed E-state index contributed by atoms with van der Waals surface area (Å²) in [6, 6.07) is 12.2. The zero-order chi connectivity index (χ0) is 17.4. The number of H-pyrrole nitrogens is 1. The Morgan fingerprint density at radius 2 is 1.92 bits per heavy atom. The van der Waals surface area contributed by atoms with Crippen LogP contribution in [0.15, 0.2) is 59.9 Å². The van der Waals surface area contributed by atoms with E-state index in [1.165, 1.54) is 17.5 Å². The molecule has 0 unspecified atom stereocenters. The van der Waals surface area contributed by atoms with Crippen LogP contribution in [0.2, 0.25) is 0 Å². The van der Waals surface area contributed by atoms with Gasteiger partial charge in [-0.1, -0.05) is 12.1 Å². The molecule has 0 aliphatic rings. The van der Waals surface area contributed by atoms with Gasteiger partial charge in [0.05, 0.1) is 22.9 Å². The number of rotatable bonds is 3. The second-order valence-electron chi connectivity index (χ2n) is 6.21. The molecule has 0 saturated heterocycles. The van der Waals surface area contributed by atoms with Gasteiger partial charge in [-0.15, -0.1) is 0 Å². The highest BCUT2D eigenvalue weighted by Gasteiger charge is 2.11. The normalized spacial score (nSPS) is 11.1. The van der Waals surface area contributed by atoms with Crippen molar-refractivity contribution in [2.45, 2.75) is 20.3 Å². The first kappa shape index (κ1) is 15.3. The monoisotopic (exact) mass is 330 g/mol. The Morgan fingerprint density at radius 1 is 1.12 bits per heavy atom. The molecule has 0 spiro atoms. The van der Waals surface area contributed by atoms with Gasteiger partial charge in [0.15, 0.2) is 0 Å². The van der Waals surface area contributed by atoms with Gasteiger partial charge in [0.1, 0.15) is 0 Å².